The quantitative estimate of drug-likeness (QED) is 0.0283. The van der Waals surface area contributed by atoms with E-state index in [1.165, 1.54) is 101 Å². The van der Waals surface area contributed by atoms with Crippen molar-refractivity contribution in [3.8, 4) is 0 Å². The maximum atomic E-state index is 14.4. The summed E-state index contributed by atoms with van der Waals surface area (Å²) in [5.41, 5.74) is 14.3. The van der Waals surface area contributed by atoms with Crippen LogP contribution in [0.1, 0.15) is 237 Å². The lowest BCUT2D eigenvalue weighted by Gasteiger charge is -2.37. The second kappa shape index (κ2) is 29.6. The number of aromatic amines is 2. The first-order valence-electron chi connectivity index (χ1n) is 34.7. The Hall–Kier alpha value is -9.46. The molecule has 0 saturated heterocycles. The van der Waals surface area contributed by atoms with Crippen molar-refractivity contribution in [2.75, 3.05) is 13.7 Å². The fraction of sp³-hybridized carbons (Fsp3) is 0.481. The third-order valence-corrected chi connectivity index (χ3v) is 20.1. The van der Waals surface area contributed by atoms with E-state index in [1.807, 2.05) is 63.2 Å². The van der Waals surface area contributed by atoms with Gasteiger partial charge < -0.3 is 51.3 Å². The number of fused-ring (bicyclic) bond motifs is 9. The minimum atomic E-state index is -1.67. The minimum absolute atomic E-state index is 0.0679. The summed E-state index contributed by atoms with van der Waals surface area (Å²) in [4.78, 5) is 130. The molecular weight excluding hydrogens is 1270 g/mol. The smallest absolute Gasteiger partial charge is 0.331 e. The van der Waals surface area contributed by atoms with E-state index in [4.69, 9.17) is 19.4 Å². The van der Waals surface area contributed by atoms with E-state index in [2.05, 4.69) is 118 Å². The average molecular weight is 1380 g/mol. The first kappa shape index (κ1) is 78.9. The zero-order valence-electron chi connectivity index (χ0n) is 64.8. The summed E-state index contributed by atoms with van der Waals surface area (Å²) in [7, 11) is 1.38. The lowest BCUT2D eigenvalue weighted by atomic mass is 9.93. The predicted octanol–water partition coefficient (Wildman–Crippen LogP) is 13.7. The van der Waals surface area contributed by atoms with E-state index in [0.717, 1.165) is 128 Å². The van der Waals surface area contributed by atoms with Crippen molar-refractivity contribution < 1.29 is 47.8 Å². The van der Waals surface area contributed by atoms with Crippen molar-refractivity contribution in [2.45, 2.75) is 245 Å². The van der Waals surface area contributed by atoms with Crippen LogP contribution in [0.5, 0.6) is 0 Å². The summed E-state index contributed by atoms with van der Waals surface area (Å²) in [6.45, 7) is 47.3. The topological polar surface area (TPSA) is 285 Å². The van der Waals surface area contributed by atoms with Crippen LogP contribution in [0.2, 0.25) is 0 Å². The Morgan fingerprint density at radius 1 is 0.416 bits per heavy atom. The summed E-state index contributed by atoms with van der Waals surface area (Å²) < 4.78 is 10.8. The molecule has 2 aliphatic rings. The number of rotatable bonds is 23. The van der Waals surface area contributed by atoms with Gasteiger partial charge in [0.1, 0.15) is 33.2 Å². The molecule has 2 aliphatic heterocycles. The number of aromatic nitrogens is 4. The van der Waals surface area contributed by atoms with E-state index in [-0.39, 0.29) is 31.8 Å². The fourth-order valence-corrected chi connectivity index (χ4v) is 13.0. The zero-order valence-corrected chi connectivity index (χ0v) is 64.8. The van der Waals surface area contributed by atoms with Crippen molar-refractivity contribution in [3.63, 3.8) is 0 Å². The Labute approximate surface area is 596 Å². The molecule has 6 amide bonds. The first-order valence-corrected chi connectivity index (χ1v) is 34.7. The average Bonchev–Trinajstić information content (AvgIpc) is 1.59. The number of aryl methyl sites for hydroxylation is 5. The van der Waals surface area contributed by atoms with Crippen LogP contribution in [0, 0.1) is 41.5 Å². The molecule has 7 rings (SSSR count). The number of H-pyrrole nitrogens is 2. The molecule has 0 spiro atoms. The number of esters is 2. The second-order valence-electron chi connectivity index (χ2n) is 31.0. The fourth-order valence-electron chi connectivity index (χ4n) is 13.0. The van der Waals surface area contributed by atoms with Crippen LogP contribution in [0.25, 0.3) is 66.3 Å². The number of hydrogen-bond acceptors (Lipinski definition) is 12. The van der Waals surface area contributed by atoms with Crippen LogP contribution >= 0.6 is 0 Å². The van der Waals surface area contributed by atoms with Gasteiger partial charge in [-0.1, -0.05) is 53.6 Å². The van der Waals surface area contributed by atoms with Gasteiger partial charge in [0.25, 0.3) is 0 Å². The predicted molar refractivity (Wildman–Crippen MR) is 405 cm³/mol. The molecule has 20 heteroatoms. The standard InChI is InChI=1S/C81H108N10O10/c1-41(2)43(5)60-47(9)64-49(11)62-46(8)56(36-38-59(93)100-27)67(82-62)52(14)66-55(45(7)63(83-66)50(12)68-61(44(6)42(3)4)48(10)65(85-68)51(13)69(60)84-64)35-37-58(92)86-76(15,16)70(94)87-77(17,18)71(95)88-78(19,20)72(96)89-79(21,22)73(97)90-80(23,24)74(98)91-81(25,26)75(99)101-40-39-54-33-30-32-53-31-28-29-34-57(53)54/h28-34,84-85H,35-40H2,1-27H3,(H,86,92)(H,87,94)(H,88,95)(H,89,96)(H,90,97)(H,91,98). The van der Waals surface area contributed by atoms with Crippen molar-refractivity contribution in [3.05, 3.63) is 126 Å². The highest BCUT2D eigenvalue weighted by Crippen LogP contribution is 2.44. The van der Waals surface area contributed by atoms with Gasteiger partial charge in [0.2, 0.25) is 35.4 Å². The molecule has 542 valence electrons. The molecule has 3 aromatic heterocycles. The largest absolute Gasteiger partial charge is 0.469 e. The van der Waals surface area contributed by atoms with Crippen molar-refractivity contribution in [1.82, 2.24) is 51.8 Å². The van der Waals surface area contributed by atoms with E-state index in [9.17, 15) is 38.4 Å². The third kappa shape index (κ3) is 16.5. The maximum Gasteiger partial charge on any atom is 0.331 e. The molecule has 0 radical (unpaired) electrons. The number of methoxy groups -OCH3 is 1. The van der Waals surface area contributed by atoms with Crippen molar-refractivity contribution >= 4 is 114 Å². The molecule has 8 bridgehead atoms. The minimum Gasteiger partial charge on any atom is -0.469 e. The monoisotopic (exact) mass is 1380 g/mol. The molecule has 0 atom stereocenters. The molecule has 20 nitrogen and oxygen atoms in total. The molecule has 0 unspecified atom stereocenters. The molecule has 0 saturated carbocycles. The lowest BCUT2D eigenvalue weighted by molar-refractivity contribution is -0.153. The van der Waals surface area contributed by atoms with Crippen LogP contribution in [0.3, 0.4) is 0 Å². The lowest BCUT2D eigenvalue weighted by Crippen LogP contribution is -2.69. The first-order chi connectivity index (χ1) is 46.6. The van der Waals surface area contributed by atoms with Gasteiger partial charge in [-0.15, -0.1) is 0 Å². The van der Waals surface area contributed by atoms with Gasteiger partial charge in [-0.3, -0.25) is 33.6 Å². The van der Waals surface area contributed by atoms with Crippen LogP contribution in [-0.4, -0.2) is 114 Å². The number of nitrogens with zero attached hydrogens (tertiary/aromatic N) is 2. The summed E-state index contributed by atoms with van der Waals surface area (Å²) in [6.07, 6.45) is 1.06. The number of carbonyl (C=O) groups is 8. The van der Waals surface area contributed by atoms with E-state index in [0.29, 0.717) is 24.2 Å². The Morgan fingerprint density at radius 3 is 1.23 bits per heavy atom. The number of nitrogens with one attached hydrogen (secondary N) is 8. The van der Waals surface area contributed by atoms with Gasteiger partial charge in [0, 0.05) is 47.0 Å². The van der Waals surface area contributed by atoms with Crippen LogP contribution in [-0.2, 0) is 54.3 Å². The highest BCUT2D eigenvalue weighted by atomic mass is 16.5. The number of benzene rings is 2. The molecule has 0 fully saturated rings. The zero-order chi connectivity index (χ0) is 75.9. The SMILES string of the molecule is COC(=O)CCC1=C(C)c2nc1c(C)c1nc(c(C)c3[nH]c(c(C)c3C(C)=C(C)C)c(C)c3[nH]c(c2C)c(C)c3C(C)=C(C)C)C(C)=C1CCC(=O)NC(C)(C)C(=O)NC(C)(C)C(=O)NC(C)(C)C(=O)NC(C)(C)C(=O)NC(C)(C)C(=O)NC(C)(C)C(=O)OCCc1cccc2ccccc12. The molecule has 0 aliphatic carbocycles. The molecule has 8 N–H and O–H groups in total. The maximum absolute atomic E-state index is 14.4. The Bertz CT molecular complexity index is 4580. The van der Waals surface area contributed by atoms with Gasteiger partial charge in [-0.05, 0) is 270 Å². The summed E-state index contributed by atoms with van der Waals surface area (Å²) in [5, 5.41) is 18.6. The van der Waals surface area contributed by atoms with E-state index >= 15 is 0 Å². The molecule has 5 aromatic rings. The van der Waals surface area contributed by atoms with Gasteiger partial charge in [-0.25, -0.2) is 14.8 Å². The molecule has 5 heterocycles. The Morgan fingerprint density at radius 2 is 0.792 bits per heavy atom. The van der Waals surface area contributed by atoms with Gasteiger partial charge >= 0.3 is 11.9 Å². The van der Waals surface area contributed by atoms with Gasteiger partial charge in [-0.2, -0.15) is 0 Å². The van der Waals surface area contributed by atoms with Gasteiger partial charge in [0.15, 0.2) is 0 Å². The highest BCUT2D eigenvalue weighted by molar-refractivity contribution is 6.04. The molecule has 2 aromatic carbocycles. The summed E-state index contributed by atoms with van der Waals surface area (Å²) >= 11 is 0. The summed E-state index contributed by atoms with van der Waals surface area (Å²) in [6, 6.07) is 13.8. The number of allylic oxidation sites excluding steroid dienone is 8. The molecular formula is C81H108N10O10. The number of hydrogen-bond donors (Lipinski definition) is 8. The molecule has 101 heavy (non-hydrogen) atoms. The third-order valence-electron chi connectivity index (χ3n) is 20.1. The Kier molecular flexibility index (Phi) is 23.1. The van der Waals surface area contributed by atoms with Crippen molar-refractivity contribution in [2.24, 2.45) is 0 Å². The van der Waals surface area contributed by atoms with Crippen LogP contribution in [0.4, 0.5) is 0 Å². The second-order valence-corrected chi connectivity index (χ2v) is 31.0. The van der Waals surface area contributed by atoms with E-state index in [1.54, 1.807) is 0 Å². The van der Waals surface area contributed by atoms with Crippen molar-refractivity contribution in [1.29, 1.82) is 0 Å². The number of ether oxygens (including phenoxy) is 2. The normalized spacial score (nSPS) is 13.0. The number of amides is 6. The highest BCUT2D eigenvalue weighted by Gasteiger charge is 2.45. The van der Waals surface area contributed by atoms with Crippen LogP contribution < -0.4 is 31.9 Å². The van der Waals surface area contributed by atoms with Gasteiger partial charge in [0.05, 0.1) is 47.5 Å². The Balaban J connectivity index is 1.09. The van der Waals surface area contributed by atoms with Crippen LogP contribution in [0.15, 0.2) is 53.6 Å². The van der Waals surface area contributed by atoms with E-state index < -0.39 is 74.6 Å². The summed E-state index contributed by atoms with van der Waals surface area (Å²) in [5.74, 6) is -5.11. The number of carbonyl (C=O) groups excluding carboxylic acids is 8.